The number of ether oxygens (including phenoxy) is 2. The van der Waals surface area contributed by atoms with Crippen molar-refractivity contribution in [2.75, 3.05) is 19.1 Å². The van der Waals surface area contributed by atoms with Crippen molar-refractivity contribution in [3.8, 4) is 0 Å². The minimum atomic E-state index is -0.392. The number of urea groups is 1. The maximum Gasteiger partial charge on any atom is 0.331 e. The molecule has 8 heteroatoms. The van der Waals surface area contributed by atoms with Crippen LogP contribution in [0.1, 0.15) is 18.4 Å². The number of hydrogen-bond donors (Lipinski definition) is 0. The number of nitrogens with zero attached hydrogens (tertiary/aromatic N) is 2. The second-order valence-corrected chi connectivity index (χ2v) is 8.75. The molecule has 3 amide bonds. The fraction of sp³-hybridized carbons (Fsp3) is 0.391. The predicted molar refractivity (Wildman–Crippen MR) is 119 cm³/mol. The van der Waals surface area contributed by atoms with Crippen molar-refractivity contribution in [3.63, 3.8) is 0 Å². The van der Waals surface area contributed by atoms with Gasteiger partial charge in [0.1, 0.15) is 0 Å². The van der Waals surface area contributed by atoms with Gasteiger partial charge in [0, 0.05) is 36.9 Å². The standard InChI is InChI=1S/C23H24Cl2N2O4/c1-30-20-11-18-19(12-21(20)31-2)26(13-14-3-5-15(24)6-4-14)23(29)27(22(18)28)17-9-7-16(25)8-10-17/h3-10,18-21H,11-13H2,1-2H3. The Balaban J connectivity index is 1.72. The number of imide groups is 1. The number of carbonyl (C=O) groups excluding carboxylic acids is 2. The van der Waals surface area contributed by atoms with Gasteiger partial charge in [0.25, 0.3) is 0 Å². The van der Waals surface area contributed by atoms with Gasteiger partial charge in [-0.05, 0) is 54.8 Å². The molecule has 1 saturated heterocycles. The number of hydrogen-bond acceptors (Lipinski definition) is 4. The number of halogens is 2. The topological polar surface area (TPSA) is 59.1 Å². The number of amides is 3. The first-order valence-electron chi connectivity index (χ1n) is 10.1. The van der Waals surface area contributed by atoms with Gasteiger partial charge in [-0.15, -0.1) is 0 Å². The highest BCUT2D eigenvalue weighted by Crippen LogP contribution is 2.39. The monoisotopic (exact) mass is 462 g/mol. The van der Waals surface area contributed by atoms with Crippen LogP contribution in [0, 0.1) is 5.92 Å². The van der Waals surface area contributed by atoms with Crippen LogP contribution < -0.4 is 4.90 Å². The van der Waals surface area contributed by atoms with Gasteiger partial charge in [-0.1, -0.05) is 35.3 Å². The molecule has 1 heterocycles. The molecule has 4 unspecified atom stereocenters. The molecule has 0 spiro atoms. The van der Waals surface area contributed by atoms with Crippen molar-refractivity contribution >= 4 is 40.8 Å². The van der Waals surface area contributed by atoms with Crippen LogP contribution in [0.3, 0.4) is 0 Å². The first-order valence-corrected chi connectivity index (χ1v) is 10.9. The zero-order valence-electron chi connectivity index (χ0n) is 17.3. The molecule has 0 bridgehead atoms. The van der Waals surface area contributed by atoms with Crippen molar-refractivity contribution in [1.29, 1.82) is 0 Å². The summed E-state index contributed by atoms with van der Waals surface area (Å²) in [4.78, 5) is 30.1. The second kappa shape index (κ2) is 9.17. The molecule has 164 valence electrons. The fourth-order valence-electron chi connectivity index (χ4n) is 4.55. The molecule has 2 aromatic rings. The van der Waals surface area contributed by atoms with E-state index in [0.717, 1.165) is 5.56 Å². The van der Waals surface area contributed by atoms with Crippen LogP contribution in [0.4, 0.5) is 10.5 Å². The summed E-state index contributed by atoms with van der Waals surface area (Å²) in [5.41, 5.74) is 1.44. The summed E-state index contributed by atoms with van der Waals surface area (Å²) in [5.74, 6) is -0.613. The normalized spacial score (nSPS) is 26.2. The Morgan fingerprint density at radius 3 is 2.00 bits per heavy atom. The second-order valence-electron chi connectivity index (χ2n) is 7.88. The van der Waals surface area contributed by atoms with E-state index in [1.165, 1.54) is 4.90 Å². The molecule has 0 aromatic heterocycles. The minimum Gasteiger partial charge on any atom is -0.379 e. The van der Waals surface area contributed by atoms with E-state index in [0.29, 0.717) is 35.1 Å². The highest BCUT2D eigenvalue weighted by molar-refractivity contribution is 6.31. The van der Waals surface area contributed by atoms with E-state index < -0.39 is 5.92 Å². The molecule has 0 N–H and O–H groups in total. The summed E-state index contributed by atoms with van der Waals surface area (Å²) < 4.78 is 11.2. The summed E-state index contributed by atoms with van der Waals surface area (Å²) in [6, 6.07) is 13.5. The Morgan fingerprint density at radius 1 is 0.871 bits per heavy atom. The van der Waals surface area contributed by atoms with Crippen molar-refractivity contribution < 1.29 is 19.1 Å². The Morgan fingerprint density at radius 2 is 1.42 bits per heavy atom. The maximum atomic E-state index is 13.6. The molecule has 4 rings (SSSR count). The average molecular weight is 463 g/mol. The van der Waals surface area contributed by atoms with Gasteiger partial charge in [0.05, 0.1) is 23.8 Å². The van der Waals surface area contributed by atoms with Gasteiger partial charge in [0.2, 0.25) is 5.91 Å². The lowest BCUT2D eigenvalue weighted by atomic mass is 9.77. The van der Waals surface area contributed by atoms with Crippen LogP contribution in [0.5, 0.6) is 0 Å². The van der Waals surface area contributed by atoms with E-state index in [1.807, 2.05) is 12.1 Å². The van der Waals surface area contributed by atoms with Crippen molar-refractivity contribution in [2.45, 2.75) is 37.6 Å². The molecular formula is C23H24Cl2N2O4. The van der Waals surface area contributed by atoms with Crippen molar-refractivity contribution in [3.05, 3.63) is 64.1 Å². The summed E-state index contributed by atoms with van der Waals surface area (Å²) >= 11 is 12.0. The third-order valence-electron chi connectivity index (χ3n) is 6.17. The summed E-state index contributed by atoms with van der Waals surface area (Å²) in [6.45, 7) is 0.364. The quantitative estimate of drug-likeness (QED) is 0.641. The molecule has 2 aromatic carbocycles. The molecular weight excluding hydrogens is 439 g/mol. The summed E-state index contributed by atoms with van der Waals surface area (Å²) in [7, 11) is 3.25. The van der Waals surface area contributed by atoms with Gasteiger partial charge in [-0.25, -0.2) is 9.69 Å². The minimum absolute atomic E-state index is 0.193. The third kappa shape index (κ3) is 4.30. The molecule has 31 heavy (non-hydrogen) atoms. The SMILES string of the molecule is COC1CC2C(=O)N(c3ccc(Cl)cc3)C(=O)N(Cc3ccc(Cl)cc3)C2CC1OC. The summed E-state index contributed by atoms with van der Waals surface area (Å²) in [5, 5.41) is 1.17. The lowest BCUT2D eigenvalue weighted by Crippen LogP contribution is -2.65. The highest BCUT2D eigenvalue weighted by Gasteiger charge is 2.52. The van der Waals surface area contributed by atoms with Crippen LogP contribution in [-0.2, 0) is 20.8 Å². The van der Waals surface area contributed by atoms with Gasteiger partial charge in [-0.3, -0.25) is 4.79 Å². The zero-order chi connectivity index (χ0) is 22.1. The van der Waals surface area contributed by atoms with Gasteiger partial charge in [0.15, 0.2) is 0 Å². The molecule has 2 fully saturated rings. The Labute approximate surface area is 191 Å². The Bertz CT molecular complexity index is 951. The van der Waals surface area contributed by atoms with Crippen molar-refractivity contribution in [2.24, 2.45) is 5.92 Å². The number of benzene rings is 2. The van der Waals surface area contributed by atoms with Gasteiger partial charge >= 0.3 is 6.03 Å². The van der Waals surface area contributed by atoms with E-state index in [9.17, 15) is 9.59 Å². The van der Waals surface area contributed by atoms with Crippen LogP contribution in [0.2, 0.25) is 10.0 Å². The number of methoxy groups -OCH3 is 2. The maximum absolute atomic E-state index is 13.6. The molecule has 1 saturated carbocycles. The van der Waals surface area contributed by atoms with Crippen molar-refractivity contribution in [1.82, 2.24) is 4.90 Å². The van der Waals surface area contributed by atoms with Gasteiger partial charge in [-0.2, -0.15) is 0 Å². The largest absolute Gasteiger partial charge is 0.379 e. The Kier molecular flexibility index (Phi) is 6.53. The molecule has 4 atom stereocenters. The molecule has 6 nitrogen and oxygen atoms in total. The number of anilines is 1. The zero-order valence-corrected chi connectivity index (χ0v) is 18.8. The van der Waals surface area contributed by atoms with Crippen LogP contribution in [0.25, 0.3) is 0 Å². The average Bonchev–Trinajstić information content (AvgIpc) is 2.78. The number of rotatable bonds is 5. The smallest absolute Gasteiger partial charge is 0.331 e. The van der Waals surface area contributed by atoms with E-state index in [4.69, 9.17) is 32.7 Å². The van der Waals surface area contributed by atoms with Gasteiger partial charge < -0.3 is 14.4 Å². The predicted octanol–water partition coefficient (Wildman–Crippen LogP) is 4.77. The first-order chi connectivity index (χ1) is 14.9. The van der Waals surface area contributed by atoms with Crippen LogP contribution in [-0.4, -0.2) is 49.3 Å². The fourth-order valence-corrected chi connectivity index (χ4v) is 4.80. The van der Waals surface area contributed by atoms with E-state index in [2.05, 4.69) is 0 Å². The van der Waals surface area contributed by atoms with E-state index in [-0.39, 0.29) is 30.2 Å². The highest BCUT2D eigenvalue weighted by atomic mass is 35.5. The van der Waals surface area contributed by atoms with Crippen LogP contribution >= 0.6 is 23.2 Å². The molecule has 2 aliphatic rings. The van der Waals surface area contributed by atoms with E-state index >= 15 is 0 Å². The molecule has 0 radical (unpaired) electrons. The third-order valence-corrected chi connectivity index (χ3v) is 6.67. The molecule has 1 aliphatic heterocycles. The summed E-state index contributed by atoms with van der Waals surface area (Å²) in [6.07, 6.45) is 0.598. The first kappa shape index (κ1) is 22.1. The Hall–Kier alpha value is -2.12. The molecule has 1 aliphatic carbocycles. The number of fused-ring (bicyclic) bond motifs is 1. The lowest BCUT2D eigenvalue weighted by molar-refractivity contribution is -0.137. The number of carbonyl (C=O) groups is 2. The van der Waals surface area contributed by atoms with E-state index in [1.54, 1.807) is 55.5 Å². The lowest BCUT2D eigenvalue weighted by Gasteiger charge is -2.49. The van der Waals surface area contributed by atoms with Crippen LogP contribution in [0.15, 0.2) is 48.5 Å².